The largest absolute Gasteiger partial charge is 0.342 e. The van der Waals surface area contributed by atoms with E-state index in [1.165, 1.54) is 0 Å². The van der Waals surface area contributed by atoms with Gasteiger partial charge in [0.1, 0.15) is 0 Å². The highest BCUT2D eigenvalue weighted by Crippen LogP contribution is 2.50. The van der Waals surface area contributed by atoms with Crippen molar-refractivity contribution < 1.29 is 4.79 Å². The predicted molar refractivity (Wildman–Crippen MR) is 81.1 cm³/mol. The zero-order valence-electron chi connectivity index (χ0n) is 11.2. The molecular weight excluding hydrogens is 295 g/mol. The number of nitrogens with zero attached hydrogens (tertiary/aromatic N) is 1. The van der Waals surface area contributed by atoms with E-state index >= 15 is 0 Å². The van der Waals surface area contributed by atoms with Crippen molar-refractivity contribution in [3.63, 3.8) is 0 Å². The van der Waals surface area contributed by atoms with Crippen LogP contribution in [-0.4, -0.2) is 29.9 Å². The van der Waals surface area contributed by atoms with E-state index in [-0.39, 0.29) is 23.8 Å². The molecule has 1 aromatic carbocycles. The zero-order valence-corrected chi connectivity index (χ0v) is 12.7. The van der Waals surface area contributed by atoms with Crippen molar-refractivity contribution in [2.24, 2.45) is 11.7 Å². The Hall–Kier alpha value is -0.770. The number of hydrogen-bond donors (Lipinski definition) is 1. The molecule has 2 atom stereocenters. The summed E-state index contributed by atoms with van der Waals surface area (Å²) in [4.78, 5) is 14.4. The fourth-order valence-corrected chi connectivity index (χ4v) is 3.52. The van der Waals surface area contributed by atoms with Gasteiger partial charge in [0.2, 0.25) is 5.91 Å². The van der Waals surface area contributed by atoms with Gasteiger partial charge in [-0.05, 0) is 42.9 Å². The molecular formula is C15H18Cl2N2O. The smallest absolute Gasteiger partial charge is 0.226 e. The molecule has 2 aliphatic rings. The van der Waals surface area contributed by atoms with Crippen molar-refractivity contribution in [3.05, 3.63) is 33.8 Å². The molecule has 3 nitrogen and oxygen atoms in total. The molecule has 108 valence electrons. The summed E-state index contributed by atoms with van der Waals surface area (Å²) < 4.78 is 0. The molecule has 1 aromatic rings. The molecule has 1 saturated carbocycles. The Morgan fingerprint density at radius 2 is 1.95 bits per heavy atom. The molecule has 0 aromatic heterocycles. The standard InChI is InChI=1S/C15H18Cl2N2O/c16-9-1-2-11(14(17)7-9)12-8-13(12)15(20)19-5-3-10(18)4-6-19/h1-2,7,10,12-13H,3-6,8,18H2. The quantitative estimate of drug-likeness (QED) is 0.912. The van der Waals surface area contributed by atoms with Crippen LogP contribution in [0.5, 0.6) is 0 Å². The Balaban J connectivity index is 1.65. The molecule has 20 heavy (non-hydrogen) atoms. The lowest BCUT2D eigenvalue weighted by Gasteiger charge is -2.30. The highest BCUT2D eigenvalue weighted by molar-refractivity contribution is 6.35. The lowest BCUT2D eigenvalue weighted by atomic mass is 10.0. The van der Waals surface area contributed by atoms with E-state index in [9.17, 15) is 4.79 Å². The van der Waals surface area contributed by atoms with Gasteiger partial charge in [-0.3, -0.25) is 4.79 Å². The highest BCUT2D eigenvalue weighted by atomic mass is 35.5. The molecule has 0 radical (unpaired) electrons. The van der Waals surface area contributed by atoms with E-state index in [1.54, 1.807) is 6.07 Å². The minimum Gasteiger partial charge on any atom is -0.342 e. The van der Waals surface area contributed by atoms with Crippen LogP contribution >= 0.6 is 23.2 Å². The lowest BCUT2D eigenvalue weighted by molar-refractivity contribution is -0.133. The second-order valence-corrected chi connectivity index (χ2v) is 6.62. The first kappa shape index (κ1) is 14.2. The van der Waals surface area contributed by atoms with Gasteiger partial charge in [0.15, 0.2) is 0 Å². The van der Waals surface area contributed by atoms with E-state index < -0.39 is 0 Å². The predicted octanol–water partition coefficient (Wildman–Crippen LogP) is 3.05. The first-order chi connectivity index (χ1) is 9.56. The van der Waals surface area contributed by atoms with Crippen molar-refractivity contribution >= 4 is 29.1 Å². The fourth-order valence-electron chi connectivity index (χ4n) is 2.97. The molecule has 1 aliphatic carbocycles. The first-order valence-corrected chi connectivity index (χ1v) is 7.81. The van der Waals surface area contributed by atoms with Crippen LogP contribution in [0.4, 0.5) is 0 Å². The van der Waals surface area contributed by atoms with E-state index in [0.717, 1.165) is 37.9 Å². The highest BCUT2D eigenvalue weighted by Gasteiger charge is 2.46. The van der Waals surface area contributed by atoms with Crippen molar-refractivity contribution in [1.29, 1.82) is 0 Å². The summed E-state index contributed by atoms with van der Waals surface area (Å²) in [6, 6.07) is 5.77. The number of carbonyl (C=O) groups is 1. The summed E-state index contributed by atoms with van der Waals surface area (Å²) in [6.07, 6.45) is 2.71. The number of piperidine rings is 1. The number of likely N-dealkylation sites (tertiary alicyclic amines) is 1. The molecule has 2 fully saturated rings. The molecule has 1 heterocycles. The number of rotatable bonds is 2. The summed E-state index contributed by atoms with van der Waals surface area (Å²) in [6.45, 7) is 1.58. The lowest BCUT2D eigenvalue weighted by Crippen LogP contribution is -2.43. The van der Waals surface area contributed by atoms with Gasteiger partial charge in [0.05, 0.1) is 0 Å². The Bertz CT molecular complexity index is 527. The normalized spacial score (nSPS) is 26.6. The van der Waals surface area contributed by atoms with Crippen LogP contribution in [0.15, 0.2) is 18.2 Å². The molecule has 1 amide bonds. The van der Waals surface area contributed by atoms with Gasteiger partial charge in [-0.1, -0.05) is 29.3 Å². The van der Waals surface area contributed by atoms with E-state index in [2.05, 4.69) is 0 Å². The topological polar surface area (TPSA) is 46.3 Å². The van der Waals surface area contributed by atoms with Gasteiger partial charge in [-0.2, -0.15) is 0 Å². The minimum absolute atomic E-state index is 0.0861. The average molecular weight is 313 g/mol. The van der Waals surface area contributed by atoms with Crippen molar-refractivity contribution in [1.82, 2.24) is 4.90 Å². The molecule has 1 saturated heterocycles. The Morgan fingerprint density at radius 1 is 1.25 bits per heavy atom. The van der Waals surface area contributed by atoms with Crippen LogP contribution in [0.1, 0.15) is 30.7 Å². The van der Waals surface area contributed by atoms with Crippen LogP contribution in [0.2, 0.25) is 10.0 Å². The van der Waals surface area contributed by atoms with E-state index in [0.29, 0.717) is 10.0 Å². The average Bonchev–Trinajstić information content (AvgIpc) is 3.19. The zero-order chi connectivity index (χ0) is 14.3. The maximum Gasteiger partial charge on any atom is 0.226 e. The van der Waals surface area contributed by atoms with Crippen molar-refractivity contribution in [3.8, 4) is 0 Å². The van der Waals surface area contributed by atoms with Gasteiger partial charge in [-0.25, -0.2) is 0 Å². The van der Waals surface area contributed by atoms with Crippen molar-refractivity contribution in [2.75, 3.05) is 13.1 Å². The van der Waals surface area contributed by atoms with E-state index in [4.69, 9.17) is 28.9 Å². The third kappa shape index (κ3) is 2.80. The number of halogens is 2. The van der Waals surface area contributed by atoms with E-state index in [1.807, 2.05) is 17.0 Å². The summed E-state index contributed by atoms with van der Waals surface area (Å²) >= 11 is 12.1. The number of benzene rings is 1. The molecule has 2 unspecified atom stereocenters. The van der Waals surface area contributed by atoms with Gasteiger partial charge in [-0.15, -0.1) is 0 Å². The van der Waals surface area contributed by atoms with Gasteiger partial charge >= 0.3 is 0 Å². The van der Waals surface area contributed by atoms with Crippen molar-refractivity contribution in [2.45, 2.75) is 31.2 Å². The summed E-state index contributed by atoms with van der Waals surface area (Å²) in [5.41, 5.74) is 6.92. The third-order valence-electron chi connectivity index (χ3n) is 4.32. The van der Waals surface area contributed by atoms with Crippen LogP contribution in [0.3, 0.4) is 0 Å². The molecule has 5 heteroatoms. The summed E-state index contributed by atoms with van der Waals surface area (Å²) in [5.74, 6) is 0.596. The molecule has 0 spiro atoms. The number of nitrogens with two attached hydrogens (primary N) is 1. The van der Waals surface area contributed by atoms with Crippen LogP contribution < -0.4 is 5.73 Å². The first-order valence-electron chi connectivity index (χ1n) is 7.05. The molecule has 2 N–H and O–H groups in total. The van der Waals surface area contributed by atoms with Crippen LogP contribution in [0.25, 0.3) is 0 Å². The van der Waals surface area contributed by atoms with Gasteiger partial charge in [0.25, 0.3) is 0 Å². The maximum atomic E-state index is 12.4. The molecule has 3 rings (SSSR count). The van der Waals surface area contributed by atoms with Gasteiger partial charge < -0.3 is 10.6 Å². The Kier molecular flexibility index (Phi) is 3.93. The third-order valence-corrected chi connectivity index (χ3v) is 4.88. The second kappa shape index (κ2) is 5.55. The minimum atomic E-state index is 0.0861. The molecule has 0 bridgehead atoms. The Labute approximate surface area is 129 Å². The number of amides is 1. The second-order valence-electron chi connectivity index (χ2n) is 5.78. The number of carbonyl (C=O) groups excluding carboxylic acids is 1. The van der Waals surface area contributed by atoms with Gasteiger partial charge in [0, 0.05) is 35.1 Å². The van der Waals surface area contributed by atoms with Crippen LogP contribution in [0, 0.1) is 5.92 Å². The van der Waals surface area contributed by atoms with Crippen LogP contribution in [-0.2, 0) is 4.79 Å². The summed E-state index contributed by atoms with van der Waals surface area (Å²) in [7, 11) is 0. The fraction of sp³-hybridized carbons (Fsp3) is 0.533. The molecule has 1 aliphatic heterocycles. The SMILES string of the molecule is NC1CCN(C(=O)C2CC2c2ccc(Cl)cc2Cl)CC1. The summed E-state index contributed by atoms with van der Waals surface area (Å²) in [5, 5.41) is 1.30. The maximum absolute atomic E-state index is 12.4. The monoisotopic (exact) mass is 312 g/mol. The number of hydrogen-bond acceptors (Lipinski definition) is 2. The Morgan fingerprint density at radius 3 is 2.60 bits per heavy atom.